The average Bonchev–Trinajstić information content (AvgIpc) is 3.53. The summed E-state index contributed by atoms with van der Waals surface area (Å²) in [6.45, 7) is 1.29. The Hall–Kier alpha value is -4.79. The second-order valence-electron chi connectivity index (χ2n) is 9.73. The predicted octanol–water partition coefficient (Wildman–Crippen LogP) is 3.95. The number of amides is 2. The Morgan fingerprint density at radius 2 is 1.98 bits per heavy atom. The molecule has 0 aliphatic carbocycles. The number of para-hydroxylation sites is 1. The number of methoxy groups -OCH3 is 1. The third kappa shape index (κ3) is 4.98. The number of nitrogens with zero attached hydrogens (tertiary/aromatic N) is 3. The molecule has 0 saturated heterocycles. The first-order valence-corrected chi connectivity index (χ1v) is 13.4. The van der Waals surface area contributed by atoms with E-state index in [-0.39, 0.29) is 18.4 Å². The molecule has 3 aliphatic rings. The van der Waals surface area contributed by atoms with Crippen molar-refractivity contribution in [2.24, 2.45) is 0 Å². The van der Waals surface area contributed by atoms with Gasteiger partial charge in [-0.05, 0) is 72.0 Å². The number of rotatable bonds is 3. The standard InChI is InChI=1S/C31H30N4O5/c1-38-27-19-25-21-11-15-34(31(37)24-9-2-3-10-26(24)35-14-5-13-33-35)30(25)22-7-4-8-23(17-22)39-16-6-12-32-29(36)20-40-28(27)18-21/h2-5,7-10,13-14,17-19,30H,6,11-12,15-16,20H2,1H3,(H,32,36). The van der Waals surface area contributed by atoms with Gasteiger partial charge < -0.3 is 24.4 Å². The Morgan fingerprint density at radius 1 is 1.07 bits per heavy atom. The fourth-order valence-electron chi connectivity index (χ4n) is 5.36. The van der Waals surface area contributed by atoms with Crippen molar-refractivity contribution >= 4 is 11.8 Å². The summed E-state index contributed by atoms with van der Waals surface area (Å²) < 4.78 is 19.3. The smallest absolute Gasteiger partial charge is 0.257 e. The van der Waals surface area contributed by atoms with Gasteiger partial charge in [0.25, 0.3) is 11.8 Å². The largest absolute Gasteiger partial charge is 0.494 e. The summed E-state index contributed by atoms with van der Waals surface area (Å²) in [7, 11) is 1.57. The Bertz CT molecular complexity index is 1530. The molecule has 6 bridgehead atoms. The normalized spacial score (nSPS) is 17.0. The van der Waals surface area contributed by atoms with Crippen LogP contribution in [0.1, 0.15) is 39.5 Å². The van der Waals surface area contributed by atoms with Gasteiger partial charge >= 0.3 is 0 Å². The van der Waals surface area contributed by atoms with Crippen molar-refractivity contribution in [3.63, 3.8) is 0 Å². The second-order valence-corrected chi connectivity index (χ2v) is 9.73. The average molecular weight is 539 g/mol. The molecule has 0 radical (unpaired) electrons. The Kier molecular flexibility index (Phi) is 7.09. The van der Waals surface area contributed by atoms with Crippen molar-refractivity contribution < 1.29 is 23.8 Å². The van der Waals surface area contributed by atoms with Crippen LogP contribution < -0.4 is 19.5 Å². The molecule has 3 aromatic carbocycles. The van der Waals surface area contributed by atoms with E-state index < -0.39 is 6.04 Å². The molecule has 4 aromatic rings. The minimum atomic E-state index is -0.398. The number of carbonyl (C=O) groups excluding carboxylic acids is 2. The highest BCUT2D eigenvalue weighted by Gasteiger charge is 2.35. The van der Waals surface area contributed by atoms with E-state index in [1.807, 2.05) is 77.8 Å². The van der Waals surface area contributed by atoms with Gasteiger partial charge in [0, 0.05) is 25.5 Å². The van der Waals surface area contributed by atoms with Crippen LogP contribution in [0.25, 0.3) is 5.69 Å². The van der Waals surface area contributed by atoms with E-state index in [0.717, 1.165) is 16.7 Å². The maximum atomic E-state index is 14.3. The first-order valence-electron chi connectivity index (χ1n) is 13.4. The molecule has 40 heavy (non-hydrogen) atoms. The van der Waals surface area contributed by atoms with E-state index in [1.54, 1.807) is 18.0 Å². The molecule has 0 saturated carbocycles. The first-order chi connectivity index (χ1) is 19.6. The van der Waals surface area contributed by atoms with Crippen molar-refractivity contribution in [1.82, 2.24) is 20.0 Å². The zero-order chi connectivity index (χ0) is 27.5. The number of nitrogens with one attached hydrogen (secondary N) is 1. The Balaban J connectivity index is 1.48. The lowest BCUT2D eigenvalue weighted by atomic mass is 9.87. The zero-order valence-electron chi connectivity index (χ0n) is 22.2. The molecular formula is C31H30N4O5. The van der Waals surface area contributed by atoms with Crippen molar-refractivity contribution in [1.29, 1.82) is 0 Å². The number of benzene rings is 3. The van der Waals surface area contributed by atoms with Crippen LogP contribution in [-0.4, -0.2) is 59.9 Å². The van der Waals surface area contributed by atoms with Gasteiger partial charge in [0.2, 0.25) is 0 Å². The van der Waals surface area contributed by atoms with E-state index in [0.29, 0.717) is 61.0 Å². The molecule has 0 fully saturated rings. The summed E-state index contributed by atoms with van der Waals surface area (Å²) in [6, 6.07) is 20.7. The van der Waals surface area contributed by atoms with E-state index in [9.17, 15) is 9.59 Å². The minimum absolute atomic E-state index is 0.0987. The molecule has 4 heterocycles. The van der Waals surface area contributed by atoms with Crippen LogP contribution in [0.3, 0.4) is 0 Å². The van der Waals surface area contributed by atoms with E-state index in [2.05, 4.69) is 10.4 Å². The molecule has 1 aromatic heterocycles. The van der Waals surface area contributed by atoms with Gasteiger partial charge in [-0.25, -0.2) is 4.68 Å². The molecular weight excluding hydrogens is 508 g/mol. The lowest BCUT2D eigenvalue weighted by Gasteiger charge is -2.38. The highest BCUT2D eigenvalue weighted by Crippen LogP contribution is 2.42. The summed E-state index contributed by atoms with van der Waals surface area (Å²) in [5.74, 6) is 1.41. The van der Waals surface area contributed by atoms with Crippen molar-refractivity contribution in [3.05, 3.63) is 101 Å². The lowest BCUT2D eigenvalue weighted by molar-refractivity contribution is -0.123. The van der Waals surface area contributed by atoms with Gasteiger partial charge in [0.05, 0.1) is 31.0 Å². The minimum Gasteiger partial charge on any atom is -0.494 e. The highest BCUT2D eigenvalue weighted by molar-refractivity contribution is 5.98. The van der Waals surface area contributed by atoms with Gasteiger partial charge in [0.1, 0.15) is 5.75 Å². The summed E-state index contributed by atoms with van der Waals surface area (Å²) in [6.07, 6.45) is 4.79. The van der Waals surface area contributed by atoms with Crippen LogP contribution in [0.4, 0.5) is 0 Å². The number of hydrogen-bond donors (Lipinski definition) is 1. The number of carbonyl (C=O) groups is 2. The van der Waals surface area contributed by atoms with E-state index in [1.165, 1.54) is 0 Å². The maximum Gasteiger partial charge on any atom is 0.257 e. The summed E-state index contributed by atoms with van der Waals surface area (Å²) >= 11 is 0. The molecule has 204 valence electrons. The summed E-state index contributed by atoms with van der Waals surface area (Å²) in [5, 5.41) is 7.23. The quantitative estimate of drug-likeness (QED) is 0.425. The van der Waals surface area contributed by atoms with Crippen LogP contribution in [0.2, 0.25) is 0 Å². The predicted molar refractivity (Wildman–Crippen MR) is 148 cm³/mol. The van der Waals surface area contributed by atoms with Gasteiger partial charge in [-0.3, -0.25) is 9.59 Å². The number of fused-ring (bicyclic) bond motifs is 8. The van der Waals surface area contributed by atoms with E-state index >= 15 is 0 Å². The zero-order valence-corrected chi connectivity index (χ0v) is 22.2. The topological polar surface area (TPSA) is 94.9 Å². The highest BCUT2D eigenvalue weighted by atomic mass is 16.5. The van der Waals surface area contributed by atoms with Gasteiger partial charge in [-0.15, -0.1) is 0 Å². The second kappa shape index (κ2) is 11.1. The number of ether oxygens (including phenoxy) is 3. The number of hydrogen-bond acceptors (Lipinski definition) is 6. The SMILES string of the molecule is COc1cc2c3cc1OCC(=O)NCCCOc1cccc(c1)C2N(C(=O)c1ccccc1-n1cccn1)CC3. The third-order valence-corrected chi connectivity index (χ3v) is 7.24. The Morgan fingerprint density at radius 3 is 2.83 bits per heavy atom. The molecule has 1 N–H and O–H groups in total. The third-order valence-electron chi connectivity index (χ3n) is 7.24. The first kappa shape index (κ1) is 25.5. The molecule has 0 spiro atoms. The maximum absolute atomic E-state index is 14.3. The van der Waals surface area contributed by atoms with Crippen molar-refractivity contribution in [2.45, 2.75) is 18.9 Å². The summed E-state index contributed by atoms with van der Waals surface area (Å²) in [5.41, 5.74) is 4.18. The Labute approximate surface area is 232 Å². The van der Waals surface area contributed by atoms with E-state index in [4.69, 9.17) is 14.2 Å². The fraction of sp³-hybridized carbons (Fsp3) is 0.258. The molecule has 1 atom stereocenters. The molecule has 1 unspecified atom stereocenters. The molecule has 9 heteroatoms. The van der Waals surface area contributed by atoms with Crippen LogP contribution in [-0.2, 0) is 11.2 Å². The van der Waals surface area contributed by atoms with Crippen LogP contribution in [0, 0.1) is 0 Å². The molecule has 2 amide bonds. The van der Waals surface area contributed by atoms with Crippen molar-refractivity contribution in [2.75, 3.05) is 33.4 Å². The van der Waals surface area contributed by atoms with Gasteiger partial charge in [-0.1, -0.05) is 24.3 Å². The van der Waals surface area contributed by atoms with Crippen molar-refractivity contribution in [3.8, 4) is 22.9 Å². The molecule has 7 rings (SSSR count). The molecule has 3 aliphatic heterocycles. The lowest BCUT2D eigenvalue weighted by Crippen LogP contribution is -2.41. The molecule has 9 nitrogen and oxygen atoms in total. The van der Waals surface area contributed by atoms with Gasteiger partial charge in [0.15, 0.2) is 18.1 Å². The van der Waals surface area contributed by atoms with Crippen LogP contribution >= 0.6 is 0 Å². The van der Waals surface area contributed by atoms with Crippen LogP contribution in [0.15, 0.2) is 79.1 Å². The van der Waals surface area contributed by atoms with Gasteiger partial charge in [-0.2, -0.15) is 5.10 Å². The summed E-state index contributed by atoms with van der Waals surface area (Å²) in [4.78, 5) is 28.6. The fourth-order valence-corrected chi connectivity index (χ4v) is 5.36. The van der Waals surface area contributed by atoms with Crippen LogP contribution in [0.5, 0.6) is 17.2 Å². The number of aromatic nitrogens is 2. The monoisotopic (exact) mass is 538 g/mol.